The van der Waals surface area contributed by atoms with Crippen LogP contribution in [-0.4, -0.2) is 24.4 Å². The minimum absolute atomic E-state index is 0.0526. The van der Waals surface area contributed by atoms with E-state index in [-0.39, 0.29) is 17.9 Å². The molecule has 4 nitrogen and oxygen atoms in total. The summed E-state index contributed by atoms with van der Waals surface area (Å²) in [7, 11) is 0. The largest absolute Gasteiger partial charge is 0.353 e. The molecule has 1 fully saturated rings. The number of nitrogens with zero attached hydrogens (tertiary/aromatic N) is 1. The zero-order valence-electron chi connectivity index (χ0n) is 13.3. The summed E-state index contributed by atoms with van der Waals surface area (Å²) in [6.45, 7) is 8.34. The number of rotatable bonds is 5. The maximum absolute atomic E-state index is 12.9. The van der Waals surface area contributed by atoms with Crippen LogP contribution in [0.25, 0.3) is 0 Å². The molecule has 0 atom stereocenters. The van der Waals surface area contributed by atoms with Crippen molar-refractivity contribution in [3.05, 3.63) is 29.8 Å². The van der Waals surface area contributed by atoms with Gasteiger partial charge in [0.15, 0.2) is 0 Å². The van der Waals surface area contributed by atoms with Gasteiger partial charge in [-0.25, -0.2) is 0 Å². The fourth-order valence-electron chi connectivity index (χ4n) is 2.56. The molecule has 1 aromatic carbocycles. The Morgan fingerprint density at radius 2 is 2.00 bits per heavy atom. The summed E-state index contributed by atoms with van der Waals surface area (Å²) < 4.78 is 0. The van der Waals surface area contributed by atoms with Gasteiger partial charge < -0.3 is 10.2 Å². The van der Waals surface area contributed by atoms with E-state index >= 15 is 0 Å². The molecule has 0 saturated heterocycles. The van der Waals surface area contributed by atoms with E-state index in [9.17, 15) is 9.59 Å². The average molecular weight is 288 g/mol. The average Bonchev–Trinajstić information content (AvgIpc) is 3.20. The van der Waals surface area contributed by atoms with Crippen LogP contribution in [0.4, 0.5) is 5.69 Å². The third-order valence-corrected chi connectivity index (χ3v) is 3.89. The van der Waals surface area contributed by atoms with Gasteiger partial charge in [-0.05, 0) is 58.2 Å². The van der Waals surface area contributed by atoms with Crippen LogP contribution in [0.15, 0.2) is 24.3 Å². The fourth-order valence-corrected chi connectivity index (χ4v) is 2.56. The summed E-state index contributed by atoms with van der Waals surface area (Å²) in [6.07, 6.45) is 1.29. The van der Waals surface area contributed by atoms with E-state index in [1.165, 1.54) is 0 Å². The van der Waals surface area contributed by atoms with Gasteiger partial charge in [-0.15, -0.1) is 0 Å². The zero-order chi connectivity index (χ0) is 15.6. The van der Waals surface area contributed by atoms with Crippen molar-refractivity contribution in [2.24, 2.45) is 5.41 Å². The summed E-state index contributed by atoms with van der Waals surface area (Å²) >= 11 is 0. The molecule has 0 bridgehead atoms. The Labute approximate surface area is 126 Å². The number of hydrogen-bond acceptors (Lipinski definition) is 2. The molecule has 1 aromatic rings. The number of carbonyl (C=O) groups excluding carboxylic acids is 2. The Morgan fingerprint density at radius 3 is 2.48 bits per heavy atom. The number of nitrogens with one attached hydrogen (secondary N) is 1. The third-order valence-electron chi connectivity index (χ3n) is 3.89. The number of benzene rings is 1. The summed E-state index contributed by atoms with van der Waals surface area (Å²) in [5, 5.41) is 2.88. The van der Waals surface area contributed by atoms with Crippen LogP contribution in [0.1, 0.15) is 39.2 Å². The Morgan fingerprint density at radius 1 is 1.33 bits per heavy atom. The van der Waals surface area contributed by atoms with Crippen molar-refractivity contribution in [3.8, 4) is 0 Å². The lowest BCUT2D eigenvalue weighted by Gasteiger charge is -2.26. The smallest absolute Gasteiger partial charge is 0.242 e. The minimum Gasteiger partial charge on any atom is -0.353 e. The maximum atomic E-state index is 12.9. The molecule has 0 aliphatic heterocycles. The van der Waals surface area contributed by atoms with Crippen molar-refractivity contribution < 1.29 is 9.59 Å². The molecule has 0 heterocycles. The maximum Gasteiger partial charge on any atom is 0.242 e. The van der Waals surface area contributed by atoms with Crippen LogP contribution < -0.4 is 10.2 Å². The molecule has 0 aromatic heterocycles. The van der Waals surface area contributed by atoms with Crippen molar-refractivity contribution in [3.63, 3.8) is 0 Å². The van der Waals surface area contributed by atoms with E-state index in [1.54, 1.807) is 4.90 Å². The van der Waals surface area contributed by atoms with E-state index in [2.05, 4.69) is 5.32 Å². The highest BCUT2D eigenvalue weighted by Crippen LogP contribution is 2.48. The molecule has 0 spiro atoms. The van der Waals surface area contributed by atoms with Crippen LogP contribution in [0.2, 0.25) is 0 Å². The second-order valence-electron chi connectivity index (χ2n) is 6.10. The fraction of sp³-hybridized carbons (Fsp3) is 0.529. The van der Waals surface area contributed by atoms with Crippen LogP contribution >= 0.6 is 0 Å². The first kappa shape index (κ1) is 15.5. The van der Waals surface area contributed by atoms with E-state index in [1.807, 2.05) is 52.0 Å². The monoisotopic (exact) mass is 288 g/mol. The molecule has 2 rings (SSSR count). The summed E-state index contributed by atoms with van der Waals surface area (Å²) in [6, 6.07) is 7.90. The molecule has 114 valence electrons. The van der Waals surface area contributed by atoms with Crippen molar-refractivity contribution in [2.45, 2.75) is 46.6 Å². The van der Waals surface area contributed by atoms with Crippen molar-refractivity contribution >= 4 is 17.5 Å². The molecule has 1 aliphatic carbocycles. The van der Waals surface area contributed by atoms with Crippen molar-refractivity contribution in [1.29, 1.82) is 0 Å². The van der Waals surface area contributed by atoms with Gasteiger partial charge in [-0.3, -0.25) is 9.59 Å². The Balaban J connectivity index is 2.23. The molecular formula is C17H24N2O2. The molecule has 1 saturated carbocycles. The second-order valence-corrected chi connectivity index (χ2v) is 6.10. The van der Waals surface area contributed by atoms with Crippen LogP contribution in [-0.2, 0) is 9.59 Å². The van der Waals surface area contributed by atoms with E-state index in [0.29, 0.717) is 19.4 Å². The lowest BCUT2D eigenvalue weighted by Crippen LogP contribution is -2.47. The van der Waals surface area contributed by atoms with Gasteiger partial charge in [0.05, 0.1) is 0 Å². The minimum atomic E-state index is -0.843. The number of anilines is 1. The highest BCUT2D eigenvalue weighted by molar-refractivity contribution is 6.14. The number of aryl methyl sites for hydroxylation is 1. The Hall–Kier alpha value is -1.84. The molecule has 0 radical (unpaired) electrons. The highest BCUT2D eigenvalue weighted by Gasteiger charge is 2.58. The van der Waals surface area contributed by atoms with Crippen LogP contribution in [0, 0.1) is 12.3 Å². The predicted octanol–water partition coefficient (Wildman–Crippen LogP) is 2.65. The molecule has 2 amide bonds. The summed E-state index contributed by atoms with van der Waals surface area (Å²) in [5.74, 6) is -0.206. The molecule has 1 aliphatic rings. The van der Waals surface area contributed by atoms with Gasteiger partial charge in [0.25, 0.3) is 0 Å². The Bertz CT molecular complexity index is 547. The quantitative estimate of drug-likeness (QED) is 0.847. The summed E-state index contributed by atoms with van der Waals surface area (Å²) in [5.41, 5.74) is 1.13. The predicted molar refractivity (Wildman–Crippen MR) is 84.2 cm³/mol. The van der Waals surface area contributed by atoms with E-state index in [4.69, 9.17) is 0 Å². The lowest BCUT2D eigenvalue weighted by molar-refractivity contribution is -0.136. The van der Waals surface area contributed by atoms with Crippen LogP contribution in [0.5, 0.6) is 0 Å². The molecular weight excluding hydrogens is 264 g/mol. The normalized spacial score (nSPS) is 15.7. The van der Waals surface area contributed by atoms with Gasteiger partial charge >= 0.3 is 0 Å². The van der Waals surface area contributed by atoms with Gasteiger partial charge in [-0.1, -0.05) is 12.1 Å². The lowest BCUT2D eigenvalue weighted by atomic mass is 10.0. The number of hydrogen-bond donors (Lipinski definition) is 1. The Kier molecular flexibility index (Phi) is 4.35. The van der Waals surface area contributed by atoms with Gasteiger partial charge in [0.2, 0.25) is 11.8 Å². The molecule has 4 heteroatoms. The molecule has 1 N–H and O–H groups in total. The topological polar surface area (TPSA) is 49.4 Å². The standard InChI is InChI=1S/C17H24N2O2/c1-5-19(14-8-6-7-13(4)11-14)16(21)17(9-10-17)15(20)18-12(2)3/h6-8,11-12H,5,9-10H2,1-4H3,(H,18,20). The van der Waals surface area contributed by atoms with Gasteiger partial charge in [0.1, 0.15) is 5.41 Å². The number of amides is 2. The molecule has 21 heavy (non-hydrogen) atoms. The van der Waals surface area contributed by atoms with Crippen molar-refractivity contribution in [1.82, 2.24) is 5.32 Å². The first-order valence-corrected chi connectivity index (χ1v) is 7.60. The van der Waals surface area contributed by atoms with E-state index < -0.39 is 5.41 Å². The number of carbonyl (C=O) groups is 2. The SMILES string of the molecule is CCN(C(=O)C1(C(=O)NC(C)C)CC1)c1cccc(C)c1. The third kappa shape index (κ3) is 3.09. The van der Waals surface area contributed by atoms with Crippen molar-refractivity contribution in [2.75, 3.05) is 11.4 Å². The van der Waals surface area contributed by atoms with E-state index in [0.717, 1.165) is 11.3 Å². The molecule has 0 unspecified atom stereocenters. The highest BCUT2D eigenvalue weighted by atomic mass is 16.2. The van der Waals surface area contributed by atoms with Crippen LogP contribution in [0.3, 0.4) is 0 Å². The first-order chi connectivity index (χ1) is 9.90. The second kappa shape index (κ2) is 5.88. The summed E-state index contributed by atoms with van der Waals surface area (Å²) in [4.78, 5) is 26.9. The van der Waals surface area contributed by atoms with Gasteiger partial charge in [-0.2, -0.15) is 0 Å². The first-order valence-electron chi connectivity index (χ1n) is 7.60. The zero-order valence-corrected chi connectivity index (χ0v) is 13.3. The van der Waals surface area contributed by atoms with Gasteiger partial charge in [0, 0.05) is 18.3 Å².